The number of ether oxygens (including phenoxy) is 1. The summed E-state index contributed by atoms with van der Waals surface area (Å²) < 4.78 is 5.79. The lowest BCUT2D eigenvalue weighted by Gasteiger charge is -2.16. The van der Waals surface area contributed by atoms with E-state index in [1.807, 2.05) is 24.3 Å². The van der Waals surface area contributed by atoms with E-state index in [9.17, 15) is 9.59 Å². The minimum atomic E-state index is -0.893. The highest BCUT2D eigenvalue weighted by molar-refractivity contribution is 5.86. The minimum absolute atomic E-state index is 0.0737. The van der Waals surface area contributed by atoms with Crippen LogP contribution in [0.3, 0.4) is 0 Å². The summed E-state index contributed by atoms with van der Waals surface area (Å²) in [4.78, 5) is 24.5. The standard InChI is InChI=1S/C21H23NO4/c1-15-2-4-17(5-3-15)14-26-19-8-6-16(7-9-19)10-11-22-13-18(21(24)25)12-20(22)23/h2-9,18H,10-14H2,1H3,(H,24,25). The van der Waals surface area contributed by atoms with Crippen molar-refractivity contribution in [1.82, 2.24) is 4.90 Å². The third kappa shape index (κ3) is 4.63. The molecule has 1 atom stereocenters. The molecule has 0 radical (unpaired) electrons. The number of likely N-dealkylation sites (tertiary alicyclic amines) is 1. The maximum atomic E-state index is 11.8. The van der Waals surface area contributed by atoms with Crippen LogP contribution in [-0.4, -0.2) is 35.0 Å². The van der Waals surface area contributed by atoms with E-state index in [1.165, 1.54) is 5.56 Å². The lowest BCUT2D eigenvalue weighted by molar-refractivity contribution is -0.141. The predicted molar refractivity (Wildman–Crippen MR) is 98.0 cm³/mol. The van der Waals surface area contributed by atoms with Crippen molar-refractivity contribution >= 4 is 11.9 Å². The first-order valence-electron chi connectivity index (χ1n) is 8.79. The molecule has 26 heavy (non-hydrogen) atoms. The first-order valence-corrected chi connectivity index (χ1v) is 8.79. The molecule has 1 aliphatic heterocycles. The van der Waals surface area contributed by atoms with Gasteiger partial charge in [0, 0.05) is 19.5 Å². The van der Waals surface area contributed by atoms with Crippen molar-refractivity contribution in [2.45, 2.75) is 26.4 Å². The van der Waals surface area contributed by atoms with Crippen LogP contribution in [0.15, 0.2) is 48.5 Å². The molecule has 0 saturated carbocycles. The van der Waals surface area contributed by atoms with Gasteiger partial charge in [0.1, 0.15) is 12.4 Å². The second kappa shape index (κ2) is 8.04. The Hall–Kier alpha value is -2.82. The Bertz CT molecular complexity index is 768. The lowest BCUT2D eigenvalue weighted by atomic mass is 10.1. The highest BCUT2D eigenvalue weighted by Crippen LogP contribution is 2.19. The first-order chi connectivity index (χ1) is 12.5. The van der Waals surface area contributed by atoms with E-state index < -0.39 is 11.9 Å². The molecule has 136 valence electrons. The summed E-state index contributed by atoms with van der Waals surface area (Å²) >= 11 is 0. The number of carboxylic acid groups (broad SMARTS) is 1. The number of hydrogen-bond acceptors (Lipinski definition) is 3. The van der Waals surface area contributed by atoms with Crippen LogP contribution in [0.1, 0.15) is 23.1 Å². The SMILES string of the molecule is Cc1ccc(COc2ccc(CCN3CC(C(=O)O)CC3=O)cc2)cc1. The monoisotopic (exact) mass is 353 g/mol. The number of nitrogens with zero attached hydrogens (tertiary/aromatic N) is 1. The molecule has 1 N–H and O–H groups in total. The maximum Gasteiger partial charge on any atom is 0.308 e. The molecule has 1 amide bonds. The van der Waals surface area contributed by atoms with Crippen LogP contribution in [0, 0.1) is 12.8 Å². The van der Waals surface area contributed by atoms with Crippen LogP contribution in [0.2, 0.25) is 0 Å². The molecule has 1 aliphatic rings. The molecule has 5 heteroatoms. The zero-order chi connectivity index (χ0) is 18.5. The van der Waals surface area contributed by atoms with Gasteiger partial charge in [-0.2, -0.15) is 0 Å². The molecule has 1 unspecified atom stereocenters. The lowest BCUT2D eigenvalue weighted by Crippen LogP contribution is -2.28. The van der Waals surface area contributed by atoms with Crippen LogP contribution >= 0.6 is 0 Å². The summed E-state index contributed by atoms with van der Waals surface area (Å²) in [6.45, 7) is 3.44. The minimum Gasteiger partial charge on any atom is -0.489 e. The van der Waals surface area contributed by atoms with E-state index in [0.717, 1.165) is 16.9 Å². The molecule has 5 nitrogen and oxygen atoms in total. The highest BCUT2D eigenvalue weighted by atomic mass is 16.5. The third-order valence-corrected chi connectivity index (χ3v) is 4.68. The van der Waals surface area contributed by atoms with E-state index in [-0.39, 0.29) is 12.3 Å². The molecule has 1 fully saturated rings. The van der Waals surface area contributed by atoms with Gasteiger partial charge in [0.05, 0.1) is 5.92 Å². The van der Waals surface area contributed by atoms with Crippen LogP contribution in [0.25, 0.3) is 0 Å². The first kappa shape index (κ1) is 18.0. The number of aliphatic carboxylic acids is 1. The highest BCUT2D eigenvalue weighted by Gasteiger charge is 2.33. The van der Waals surface area contributed by atoms with Crippen molar-refractivity contribution in [1.29, 1.82) is 0 Å². The van der Waals surface area contributed by atoms with Crippen molar-refractivity contribution in [3.8, 4) is 5.75 Å². The Morgan fingerprint density at radius 1 is 1.12 bits per heavy atom. The van der Waals surface area contributed by atoms with E-state index in [0.29, 0.717) is 26.1 Å². The van der Waals surface area contributed by atoms with E-state index in [1.54, 1.807) is 4.90 Å². The summed E-state index contributed by atoms with van der Waals surface area (Å²) in [5.74, 6) is -0.732. The summed E-state index contributed by atoms with van der Waals surface area (Å²) in [5, 5.41) is 9.02. The zero-order valence-electron chi connectivity index (χ0n) is 14.9. The molecule has 0 spiro atoms. The van der Waals surface area contributed by atoms with Crippen molar-refractivity contribution in [3.63, 3.8) is 0 Å². The summed E-state index contributed by atoms with van der Waals surface area (Å²) in [6, 6.07) is 16.1. The Morgan fingerprint density at radius 3 is 2.38 bits per heavy atom. The molecule has 0 aromatic heterocycles. The number of aryl methyl sites for hydroxylation is 1. The quantitative estimate of drug-likeness (QED) is 0.831. The van der Waals surface area contributed by atoms with Crippen molar-refractivity contribution in [2.75, 3.05) is 13.1 Å². The number of carbonyl (C=O) groups is 2. The van der Waals surface area contributed by atoms with Gasteiger partial charge in [-0.05, 0) is 36.6 Å². The molecule has 0 aliphatic carbocycles. The summed E-state index contributed by atoms with van der Waals surface area (Å²) in [5.41, 5.74) is 3.45. The summed E-state index contributed by atoms with van der Waals surface area (Å²) in [7, 11) is 0. The molecular formula is C21H23NO4. The molecule has 1 heterocycles. The third-order valence-electron chi connectivity index (χ3n) is 4.68. The smallest absolute Gasteiger partial charge is 0.308 e. The topological polar surface area (TPSA) is 66.8 Å². The van der Waals surface area contributed by atoms with Crippen molar-refractivity contribution in [3.05, 3.63) is 65.2 Å². The fraction of sp³-hybridized carbons (Fsp3) is 0.333. The van der Waals surface area contributed by atoms with Gasteiger partial charge in [0.25, 0.3) is 0 Å². The molecule has 2 aromatic rings. The maximum absolute atomic E-state index is 11.8. The van der Waals surface area contributed by atoms with E-state index in [2.05, 4.69) is 31.2 Å². The fourth-order valence-corrected chi connectivity index (χ4v) is 3.02. The van der Waals surface area contributed by atoms with Crippen LogP contribution in [0.4, 0.5) is 0 Å². The predicted octanol–water partition coefficient (Wildman–Crippen LogP) is 3.05. The normalized spacial score (nSPS) is 16.7. The van der Waals surface area contributed by atoms with Crippen LogP contribution < -0.4 is 4.74 Å². The van der Waals surface area contributed by atoms with Gasteiger partial charge in [-0.25, -0.2) is 0 Å². The van der Waals surface area contributed by atoms with E-state index >= 15 is 0 Å². The molecule has 0 bridgehead atoms. The number of carbonyl (C=O) groups excluding carboxylic acids is 1. The van der Waals surface area contributed by atoms with Crippen LogP contribution in [-0.2, 0) is 22.6 Å². The molecule has 2 aromatic carbocycles. The fourth-order valence-electron chi connectivity index (χ4n) is 3.02. The van der Waals surface area contributed by atoms with Gasteiger partial charge < -0.3 is 14.7 Å². The number of carboxylic acids is 1. The molecular weight excluding hydrogens is 330 g/mol. The zero-order valence-corrected chi connectivity index (χ0v) is 14.9. The Morgan fingerprint density at radius 2 is 1.77 bits per heavy atom. The van der Waals surface area contributed by atoms with E-state index in [4.69, 9.17) is 9.84 Å². The Labute approximate surface area is 153 Å². The number of hydrogen-bond donors (Lipinski definition) is 1. The van der Waals surface area contributed by atoms with Gasteiger partial charge in [-0.15, -0.1) is 0 Å². The Balaban J connectivity index is 1.48. The van der Waals surface area contributed by atoms with Crippen LogP contribution in [0.5, 0.6) is 5.75 Å². The Kier molecular flexibility index (Phi) is 5.56. The largest absolute Gasteiger partial charge is 0.489 e. The van der Waals surface area contributed by atoms with Gasteiger partial charge >= 0.3 is 5.97 Å². The summed E-state index contributed by atoms with van der Waals surface area (Å²) in [6.07, 6.45) is 0.817. The van der Waals surface area contributed by atoms with Gasteiger partial charge in [0.2, 0.25) is 5.91 Å². The van der Waals surface area contributed by atoms with Crippen molar-refractivity contribution < 1.29 is 19.4 Å². The van der Waals surface area contributed by atoms with Gasteiger partial charge in [-0.1, -0.05) is 42.0 Å². The second-order valence-corrected chi connectivity index (χ2v) is 6.75. The average molecular weight is 353 g/mol. The second-order valence-electron chi connectivity index (χ2n) is 6.75. The number of amides is 1. The van der Waals surface area contributed by atoms with Gasteiger partial charge in [0.15, 0.2) is 0 Å². The molecule has 1 saturated heterocycles. The van der Waals surface area contributed by atoms with Gasteiger partial charge in [-0.3, -0.25) is 9.59 Å². The average Bonchev–Trinajstić information content (AvgIpc) is 3.01. The number of benzene rings is 2. The number of rotatable bonds is 7. The van der Waals surface area contributed by atoms with Crippen molar-refractivity contribution in [2.24, 2.45) is 5.92 Å². The molecule has 3 rings (SSSR count).